The number of aromatic nitrogens is 3. The van der Waals surface area contributed by atoms with Crippen molar-refractivity contribution in [2.45, 2.75) is 19.9 Å². The average molecular weight is 314 g/mol. The molecule has 1 N–H and O–H groups in total. The first-order chi connectivity index (χ1) is 11.1. The first-order valence-electron chi connectivity index (χ1n) is 7.54. The SMILES string of the molecule is C[C@@H]1C[C@H]1C(=O)Nc1ccc(C(=O)OCCn2cncn2)cc1. The van der Waals surface area contributed by atoms with Gasteiger partial charge in [-0.25, -0.2) is 14.5 Å². The zero-order valence-corrected chi connectivity index (χ0v) is 12.8. The number of carbonyl (C=O) groups is 2. The van der Waals surface area contributed by atoms with E-state index in [1.54, 1.807) is 35.3 Å². The molecule has 1 aliphatic rings. The summed E-state index contributed by atoms with van der Waals surface area (Å²) in [7, 11) is 0. The maximum absolute atomic E-state index is 11.9. The van der Waals surface area contributed by atoms with Gasteiger partial charge in [0.2, 0.25) is 5.91 Å². The van der Waals surface area contributed by atoms with Crippen LogP contribution in [0.3, 0.4) is 0 Å². The molecule has 1 amide bonds. The van der Waals surface area contributed by atoms with Gasteiger partial charge in [0, 0.05) is 11.6 Å². The number of hydrogen-bond acceptors (Lipinski definition) is 5. The van der Waals surface area contributed by atoms with Crippen LogP contribution >= 0.6 is 0 Å². The molecule has 1 aliphatic carbocycles. The van der Waals surface area contributed by atoms with Crippen molar-refractivity contribution in [1.29, 1.82) is 0 Å². The second-order valence-corrected chi connectivity index (χ2v) is 5.68. The van der Waals surface area contributed by atoms with Crippen LogP contribution in [-0.2, 0) is 16.1 Å². The summed E-state index contributed by atoms with van der Waals surface area (Å²) in [6.07, 6.45) is 3.94. The van der Waals surface area contributed by atoms with Crippen LogP contribution in [0, 0.1) is 11.8 Å². The summed E-state index contributed by atoms with van der Waals surface area (Å²) in [6, 6.07) is 6.70. The van der Waals surface area contributed by atoms with Crippen LogP contribution in [0.4, 0.5) is 5.69 Å². The van der Waals surface area contributed by atoms with E-state index < -0.39 is 5.97 Å². The van der Waals surface area contributed by atoms with Crippen molar-refractivity contribution in [3.8, 4) is 0 Å². The number of hydrogen-bond donors (Lipinski definition) is 1. The lowest BCUT2D eigenvalue weighted by Crippen LogP contribution is -2.15. The number of carbonyl (C=O) groups excluding carboxylic acids is 2. The van der Waals surface area contributed by atoms with Crippen molar-refractivity contribution in [3.05, 3.63) is 42.5 Å². The molecule has 1 fully saturated rings. The summed E-state index contributed by atoms with van der Waals surface area (Å²) in [5.41, 5.74) is 1.13. The minimum absolute atomic E-state index is 0.0423. The number of rotatable bonds is 6. The number of esters is 1. The molecule has 0 saturated heterocycles. The largest absolute Gasteiger partial charge is 0.460 e. The highest BCUT2D eigenvalue weighted by Gasteiger charge is 2.39. The van der Waals surface area contributed by atoms with E-state index in [4.69, 9.17) is 4.74 Å². The molecule has 0 spiro atoms. The first-order valence-corrected chi connectivity index (χ1v) is 7.54. The average Bonchev–Trinajstić information content (AvgIpc) is 3.06. The van der Waals surface area contributed by atoms with Gasteiger partial charge >= 0.3 is 5.97 Å². The Balaban J connectivity index is 1.48. The number of amides is 1. The first kappa shape index (κ1) is 15.2. The van der Waals surface area contributed by atoms with Crippen molar-refractivity contribution in [1.82, 2.24) is 14.8 Å². The molecule has 7 nitrogen and oxygen atoms in total. The standard InChI is InChI=1S/C16H18N4O3/c1-11-8-14(11)15(21)19-13-4-2-12(3-5-13)16(22)23-7-6-20-10-17-9-18-20/h2-5,9-11,14H,6-8H2,1H3,(H,19,21)/t11-,14-/m1/s1. The third kappa shape index (κ3) is 3.94. The highest BCUT2D eigenvalue weighted by Crippen LogP contribution is 2.38. The van der Waals surface area contributed by atoms with Crippen molar-refractivity contribution < 1.29 is 14.3 Å². The molecule has 1 aromatic heterocycles. The maximum atomic E-state index is 11.9. The summed E-state index contributed by atoms with van der Waals surface area (Å²) >= 11 is 0. The van der Waals surface area contributed by atoms with Gasteiger partial charge < -0.3 is 10.1 Å². The molecule has 0 aliphatic heterocycles. The Labute approximate surface area is 133 Å². The summed E-state index contributed by atoms with van der Waals surface area (Å²) < 4.78 is 6.76. The fourth-order valence-corrected chi connectivity index (χ4v) is 2.28. The second kappa shape index (κ2) is 6.60. The molecular formula is C16H18N4O3. The lowest BCUT2D eigenvalue weighted by atomic mass is 10.2. The van der Waals surface area contributed by atoms with Crippen LogP contribution in [0.1, 0.15) is 23.7 Å². The van der Waals surface area contributed by atoms with Crippen LogP contribution in [0.25, 0.3) is 0 Å². The molecule has 1 heterocycles. The number of anilines is 1. The third-order valence-electron chi connectivity index (χ3n) is 3.85. The van der Waals surface area contributed by atoms with Gasteiger partial charge in [-0.05, 0) is 36.6 Å². The summed E-state index contributed by atoms with van der Waals surface area (Å²) in [4.78, 5) is 27.6. The van der Waals surface area contributed by atoms with Crippen molar-refractivity contribution in [2.75, 3.05) is 11.9 Å². The fraction of sp³-hybridized carbons (Fsp3) is 0.375. The number of nitrogens with zero attached hydrogens (tertiary/aromatic N) is 3. The molecule has 1 saturated carbocycles. The van der Waals surface area contributed by atoms with Gasteiger partial charge in [0.25, 0.3) is 0 Å². The molecule has 120 valence electrons. The van der Waals surface area contributed by atoms with Gasteiger partial charge in [0.1, 0.15) is 19.3 Å². The smallest absolute Gasteiger partial charge is 0.338 e. The predicted molar refractivity (Wildman–Crippen MR) is 82.6 cm³/mol. The molecule has 1 aromatic carbocycles. The highest BCUT2D eigenvalue weighted by atomic mass is 16.5. The molecular weight excluding hydrogens is 296 g/mol. The zero-order chi connectivity index (χ0) is 16.2. The van der Waals surface area contributed by atoms with Gasteiger partial charge in [0.15, 0.2) is 0 Å². The van der Waals surface area contributed by atoms with Gasteiger partial charge in [0.05, 0.1) is 12.1 Å². The molecule has 7 heteroatoms. The van der Waals surface area contributed by atoms with E-state index in [0.717, 1.165) is 6.42 Å². The molecule has 0 bridgehead atoms. The minimum atomic E-state index is -0.404. The summed E-state index contributed by atoms with van der Waals surface area (Å²) in [6.45, 7) is 2.74. The van der Waals surface area contributed by atoms with Crippen LogP contribution in [0.5, 0.6) is 0 Å². The van der Waals surface area contributed by atoms with Crippen molar-refractivity contribution in [3.63, 3.8) is 0 Å². The van der Waals surface area contributed by atoms with Crippen LogP contribution in [0.15, 0.2) is 36.9 Å². The Morgan fingerprint density at radius 1 is 1.35 bits per heavy atom. The van der Waals surface area contributed by atoms with E-state index >= 15 is 0 Å². The number of nitrogens with one attached hydrogen (secondary N) is 1. The maximum Gasteiger partial charge on any atom is 0.338 e. The van der Waals surface area contributed by atoms with Gasteiger partial charge in [-0.3, -0.25) is 4.79 Å². The fourth-order valence-electron chi connectivity index (χ4n) is 2.28. The summed E-state index contributed by atoms with van der Waals surface area (Å²) in [5.74, 6) is 0.227. The number of benzene rings is 1. The summed E-state index contributed by atoms with van der Waals surface area (Å²) in [5, 5.41) is 6.78. The van der Waals surface area contributed by atoms with E-state index in [1.165, 1.54) is 6.33 Å². The van der Waals surface area contributed by atoms with E-state index in [1.807, 2.05) is 0 Å². The minimum Gasteiger partial charge on any atom is -0.460 e. The molecule has 3 rings (SSSR count). The van der Waals surface area contributed by atoms with E-state index in [2.05, 4.69) is 22.3 Å². The Kier molecular flexibility index (Phi) is 4.36. The molecule has 0 unspecified atom stereocenters. The normalized spacial score (nSPS) is 19.2. The van der Waals surface area contributed by atoms with Crippen LogP contribution < -0.4 is 5.32 Å². The molecule has 23 heavy (non-hydrogen) atoms. The molecule has 2 aromatic rings. The topological polar surface area (TPSA) is 86.1 Å². The van der Waals surface area contributed by atoms with Crippen molar-refractivity contribution in [2.24, 2.45) is 11.8 Å². The Hall–Kier alpha value is -2.70. The van der Waals surface area contributed by atoms with Crippen LogP contribution in [0.2, 0.25) is 0 Å². The van der Waals surface area contributed by atoms with Crippen LogP contribution in [-0.4, -0.2) is 33.2 Å². The Morgan fingerprint density at radius 3 is 2.70 bits per heavy atom. The lowest BCUT2D eigenvalue weighted by molar-refractivity contribution is -0.117. The van der Waals surface area contributed by atoms with E-state index in [9.17, 15) is 9.59 Å². The Morgan fingerprint density at radius 2 is 2.09 bits per heavy atom. The zero-order valence-electron chi connectivity index (χ0n) is 12.8. The van der Waals surface area contributed by atoms with Gasteiger partial charge in [-0.15, -0.1) is 0 Å². The lowest BCUT2D eigenvalue weighted by Gasteiger charge is -2.07. The number of ether oxygens (including phenoxy) is 1. The van der Waals surface area contributed by atoms with E-state index in [0.29, 0.717) is 23.7 Å². The van der Waals surface area contributed by atoms with Crippen molar-refractivity contribution >= 4 is 17.6 Å². The second-order valence-electron chi connectivity index (χ2n) is 5.68. The quantitative estimate of drug-likeness (QED) is 0.821. The van der Waals surface area contributed by atoms with E-state index in [-0.39, 0.29) is 18.4 Å². The molecule has 0 radical (unpaired) electrons. The predicted octanol–water partition coefficient (Wildman–Crippen LogP) is 1.73. The highest BCUT2D eigenvalue weighted by molar-refractivity contribution is 5.95. The Bertz CT molecular complexity index is 682. The van der Waals surface area contributed by atoms with Gasteiger partial charge in [-0.1, -0.05) is 6.92 Å². The molecule has 2 atom stereocenters. The monoisotopic (exact) mass is 314 g/mol. The van der Waals surface area contributed by atoms with Gasteiger partial charge in [-0.2, -0.15) is 5.10 Å². The third-order valence-corrected chi connectivity index (χ3v) is 3.85.